The van der Waals surface area contributed by atoms with Gasteiger partial charge in [0, 0.05) is 5.69 Å². The third-order valence-electron chi connectivity index (χ3n) is 4.42. The van der Waals surface area contributed by atoms with Crippen molar-refractivity contribution in [1.29, 1.82) is 0 Å². The molecule has 1 atom stereocenters. The number of fused-ring (bicyclic) bond motifs is 1. The molecular weight excluding hydrogens is 320 g/mol. The van der Waals surface area contributed by atoms with Gasteiger partial charge in [-0.1, -0.05) is 24.3 Å². The normalized spacial score (nSPS) is 18.3. The number of benzene rings is 2. The molecule has 130 valence electrons. The Hall–Kier alpha value is -2.86. The molecule has 1 aliphatic rings. The van der Waals surface area contributed by atoms with E-state index in [4.69, 9.17) is 4.74 Å². The summed E-state index contributed by atoms with van der Waals surface area (Å²) in [5, 5.41) is 15.8. The predicted molar refractivity (Wildman–Crippen MR) is 93.3 cm³/mol. The number of hydrogen-bond acceptors (Lipinski definition) is 4. The van der Waals surface area contributed by atoms with E-state index in [0.29, 0.717) is 17.9 Å². The molecule has 25 heavy (non-hydrogen) atoms. The number of anilines is 1. The van der Waals surface area contributed by atoms with E-state index in [1.807, 2.05) is 24.3 Å². The molecule has 3 N–H and O–H groups in total. The quantitative estimate of drug-likeness (QED) is 0.738. The maximum absolute atomic E-state index is 12.0. The minimum absolute atomic E-state index is 0.00111. The first-order valence-electron chi connectivity index (χ1n) is 8.06. The number of carbonyl (C=O) groups excluding carboxylic acids is 2. The van der Waals surface area contributed by atoms with Crippen LogP contribution in [0.25, 0.3) is 0 Å². The first-order valence-corrected chi connectivity index (χ1v) is 8.06. The molecule has 2 aromatic rings. The molecule has 1 aliphatic carbocycles. The second-order valence-corrected chi connectivity index (χ2v) is 6.05. The summed E-state index contributed by atoms with van der Waals surface area (Å²) >= 11 is 0. The van der Waals surface area contributed by atoms with Crippen LogP contribution in [0.5, 0.6) is 5.75 Å². The smallest absolute Gasteiger partial charge is 0.313 e. The van der Waals surface area contributed by atoms with Gasteiger partial charge in [-0.25, -0.2) is 0 Å². The highest BCUT2D eigenvalue weighted by molar-refractivity contribution is 6.39. The Bertz CT molecular complexity index is 788. The van der Waals surface area contributed by atoms with Crippen molar-refractivity contribution in [3.8, 4) is 5.75 Å². The van der Waals surface area contributed by atoms with Crippen LogP contribution in [0, 0.1) is 0 Å². The predicted octanol–water partition coefficient (Wildman–Crippen LogP) is 1.58. The maximum atomic E-state index is 12.0. The van der Waals surface area contributed by atoms with Crippen LogP contribution in [0.1, 0.15) is 17.5 Å². The number of nitrogens with one attached hydrogen (secondary N) is 2. The van der Waals surface area contributed by atoms with Crippen molar-refractivity contribution in [1.82, 2.24) is 5.32 Å². The molecule has 3 rings (SSSR count). The second-order valence-electron chi connectivity index (χ2n) is 6.05. The molecule has 0 radical (unpaired) electrons. The summed E-state index contributed by atoms with van der Waals surface area (Å²) < 4.78 is 5.04. The Morgan fingerprint density at radius 1 is 1.12 bits per heavy atom. The van der Waals surface area contributed by atoms with Gasteiger partial charge in [0.25, 0.3) is 0 Å². The van der Waals surface area contributed by atoms with Crippen LogP contribution in [0.2, 0.25) is 0 Å². The fourth-order valence-corrected chi connectivity index (χ4v) is 3.02. The molecule has 6 heteroatoms. The van der Waals surface area contributed by atoms with Crippen molar-refractivity contribution < 1.29 is 19.4 Å². The summed E-state index contributed by atoms with van der Waals surface area (Å²) in [6.07, 6.45) is 1.27. The van der Waals surface area contributed by atoms with Crippen molar-refractivity contribution in [2.75, 3.05) is 19.0 Å². The Balaban J connectivity index is 1.58. The van der Waals surface area contributed by atoms with E-state index in [-0.39, 0.29) is 6.54 Å². The fourth-order valence-electron chi connectivity index (χ4n) is 3.02. The lowest BCUT2D eigenvalue weighted by Crippen LogP contribution is -2.43. The Kier molecular flexibility index (Phi) is 4.72. The van der Waals surface area contributed by atoms with Crippen LogP contribution in [-0.4, -0.2) is 30.6 Å². The van der Waals surface area contributed by atoms with Crippen molar-refractivity contribution in [3.63, 3.8) is 0 Å². The summed E-state index contributed by atoms with van der Waals surface area (Å²) in [4.78, 5) is 24.0. The lowest BCUT2D eigenvalue weighted by Gasteiger charge is -2.24. The van der Waals surface area contributed by atoms with E-state index in [1.54, 1.807) is 31.4 Å². The first-order chi connectivity index (χ1) is 12.0. The van der Waals surface area contributed by atoms with Gasteiger partial charge in [-0.3, -0.25) is 9.59 Å². The zero-order valence-electron chi connectivity index (χ0n) is 13.9. The van der Waals surface area contributed by atoms with Crippen LogP contribution in [-0.2, 0) is 21.6 Å². The van der Waals surface area contributed by atoms with Crippen LogP contribution in [0.15, 0.2) is 48.5 Å². The van der Waals surface area contributed by atoms with Crippen LogP contribution in [0.3, 0.4) is 0 Å². The summed E-state index contributed by atoms with van der Waals surface area (Å²) in [5.74, 6) is -0.904. The molecule has 0 fully saturated rings. The molecule has 0 aliphatic heterocycles. The lowest BCUT2D eigenvalue weighted by atomic mass is 9.96. The lowest BCUT2D eigenvalue weighted by molar-refractivity contribution is -0.136. The second kappa shape index (κ2) is 6.94. The first kappa shape index (κ1) is 17.0. The molecule has 0 spiro atoms. The van der Waals surface area contributed by atoms with E-state index < -0.39 is 17.4 Å². The fraction of sp³-hybridized carbons (Fsp3) is 0.263. The van der Waals surface area contributed by atoms with Gasteiger partial charge >= 0.3 is 11.8 Å². The van der Waals surface area contributed by atoms with Gasteiger partial charge in [0.05, 0.1) is 13.7 Å². The molecule has 6 nitrogen and oxygen atoms in total. The number of carbonyl (C=O) groups is 2. The summed E-state index contributed by atoms with van der Waals surface area (Å²) in [5.41, 5.74) is 1.24. The molecule has 0 bridgehead atoms. The molecule has 2 aromatic carbocycles. The molecule has 2 amide bonds. The SMILES string of the molecule is COc1ccc(NC(=O)C(=O)NCC2(O)CCc3ccccc32)cc1. The van der Waals surface area contributed by atoms with Gasteiger partial charge in [-0.15, -0.1) is 0 Å². The number of hydrogen-bond donors (Lipinski definition) is 3. The van der Waals surface area contributed by atoms with Gasteiger partial charge in [0.15, 0.2) is 0 Å². The standard InChI is InChI=1S/C19H20N2O4/c1-25-15-8-6-14(7-9-15)21-18(23)17(22)20-12-19(24)11-10-13-4-2-3-5-16(13)19/h2-9,24H,10-12H2,1H3,(H,20,22)(H,21,23). The third-order valence-corrected chi connectivity index (χ3v) is 4.42. The number of amides is 2. The molecule has 0 heterocycles. The average molecular weight is 340 g/mol. The number of aryl methyl sites for hydroxylation is 1. The molecule has 0 aromatic heterocycles. The van der Waals surface area contributed by atoms with E-state index in [9.17, 15) is 14.7 Å². The van der Waals surface area contributed by atoms with Crippen molar-refractivity contribution >= 4 is 17.5 Å². The van der Waals surface area contributed by atoms with E-state index in [1.165, 1.54) is 0 Å². The van der Waals surface area contributed by atoms with E-state index in [0.717, 1.165) is 17.5 Å². The Labute approximate surface area is 145 Å². The van der Waals surface area contributed by atoms with Crippen LogP contribution < -0.4 is 15.4 Å². The van der Waals surface area contributed by atoms with Crippen LogP contribution in [0.4, 0.5) is 5.69 Å². The molecular formula is C19H20N2O4. The summed E-state index contributed by atoms with van der Waals surface area (Å²) in [6.45, 7) is -0.00111. The monoisotopic (exact) mass is 340 g/mol. The zero-order chi connectivity index (χ0) is 17.9. The highest BCUT2D eigenvalue weighted by Crippen LogP contribution is 2.36. The van der Waals surface area contributed by atoms with Gasteiger partial charge < -0.3 is 20.5 Å². The zero-order valence-corrected chi connectivity index (χ0v) is 13.9. The Morgan fingerprint density at radius 2 is 1.84 bits per heavy atom. The number of rotatable bonds is 4. The molecule has 0 saturated heterocycles. The third kappa shape index (κ3) is 3.64. The van der Waals surface area contributed by atoms with Crippen molar-refractivity contribution in [3.05, 3.63) is 59.7 Å². The van der Waals surface area contributed by atoms with Gasteiger partial charge in [-0.05, 0) is 48.2 Å². The number of aliphatic hydroxyl groups is 1. The minimum Gasteiger partial charge on any atom is -0.497 e. The van der Waals surface area contributed by atoms with Crippen molar-refractivity contribution in [2.24, 2.45) is 0 Å². The maximum Gasteiger partial charge on any atom is 0.313 e. The topological polar surface area (TPSA) is 87.7 Å². The highest BCUT2D eigenvalue weighted by Gasteiger charge is 2.37. The Morgan fingerprint density at radius 3 is 2.56 bits per heavy atom. The number of methoxy groups -OCH3 is 1. The van der Waals surface area contributed by atoms with E-state index in [2.05, 4.69) is 10.6 Å². The largest absolute Gasteiger partial charge is 0.497 e. The summed E-state index contributed by atoms with van der Waals surface area (Å²) in [7, 11) is 1.55. The number of ether oxygens (including phenoxy) is 1. The average Bonchev–Trinajstić information content (AvgIpc) is 2.98. The molecule has 0 saturated carbocycles. The van der Waals surface area contributed by atoms with Gasteiger partial charge in [0.2, 0.25) is 0 Å². The van der Waals surface area contributed by atoms with Crippen LogP contribution >= 0.6 is 0 Å². The van der Waals surface area contributed by atoms with Gasteiger partial charge in [0.1, 0.15) is 11.4 Å². The highest BCUT2D eigenvalue weighted by atomic mass is 16.5. The molecule has 1 unspecified atom stereocenters. The van der Waals surface area contributed by atoms with Crippen molar-refractivity contribution in [2.45, 2.75) is 18.4 Å². The van der Waals surface area contributed by atoms with E-state index >= 15 is 0 Å². The summed E-state index contributed by atoms with van der Waals surface area (Å²) in [6, 6.07) is 14.3. The minimum atomic E-state index is -1.13. The van der Waals surface area contributed by atoms with Gasteiger partial charge in [-0.2, -0.15) is 0 Å².